The molecule has 2 rings (SSSR count). The molecule has 0 aliphatic rings. The van der Waals surface area contributed by atoms with Crippen molar-refractivity contribution in [3.63, 3.8) is 0 Å². The van der Waals surface area contributed by atoms with Crippen molar-refractivity contribution in [1.29, 1.82) is 0 Å². The standard InChI is InChI=1S/C16H17NO2S/c1-11-2-7-14(20)10-15(11)16(19)17-9-8-12-3-5-13(18)6-4-12/h2-7,10,18,20H,8-9H2,1H3,(H,17,19). The zero-order valence-electron chi connectivity index (χ0n) is 11.3. The lowest BCUT2D eigenvalue weighted by Gasteiger charge is -2.08. The number of thiol groups is 1. The number of hydrogen-bond acceptors (Lipinski definition) is 3. The molecule has 2 N–H and O–H groups in total. The molecule has 4 heteroatoms. The van der Waals surface area contributed by atoms with Crippen LogP contribution in [-0.2, 0) is 6.42 Å². The van der Waals surface area contributed by atoms with E-state index in [1.165, 1.54) is 0 Å². The van der Waals surface area contributed by atoms with Crippen molar-refractivity contribution in [1.82, 2.24) is 5.32 Å². The molecule has 104 valence electrons. The second-order valence-electron chi connectivity index (χ2n) is 4.67. The minimum Gasteiger partial charge on any atom is -0.508 e. The number of phenols is 1. The molecule has 0 unspecified atom stereocenters. The average Bonchev–Trinajstić information content (AvgIpc) is 2.43. The summed E-state index contributed by atoms with van der Waals surface area (Å²) < 4.78 is 0. The summed E-state index contributed by atoms with van der Waals surface area (Å²) in [7, 11) is 0. The topological polar surface area (TPSA) is 49.3 Å². The van der Waals surface area contributed by atoms with E-state index < -0.39 is 0 Å². The van der Waals surface area contributed by atoms with Gasteiger partial charge in [-0.3, -0.25) is 4.79 Å². The highest BCUT2D eigenvalue weighted by Gasteiger charge is 2.08. The molecule has 0 spiro atoms. The molecule has 0 atom stereocenters. The number of carbonyl (C=O) groups excluding carboxylic acids is 1. The summed E-state index contributed by atoms with van der Waals surface area (Å²) in [5, 5.41) is 12.1. The van der Waals surface area contributed by atoms with E-state index in [-0.39, 0.29) is 11.7 Å². The first-order chi connectivity index (χ1) is 9.56. The molecule has 0 saturated heterocycles. The molecule has 0 fully saturated rings. The Hall–Kier alpha value is -1.94. The predicted molar refractivity (Wildman–Crippen MR) is 82.6 cm³/mol. The summed E-state index contributed by atoms with van der Waals surface area (Å²) >= 11 is 4.25. The van der Waals surface area contributed by atoms with E-state index in [1.807, 2.05) is 31.2 Å². The van der Waals surface area contributed by atoms with E-state index >= 15 is 0 Å². The lowest BCUT2D eigenvalue weighted by molar-refractivity contribution is 0.0953. The van der Waals surface area contributed by atoms with Crippen LogP contribution in [-0.4, -0.2) is 17.6 Å². The summed E-state index contributed by atoms with van der Waals surface area (Å²) in [5.41, 5.74) is 2.66. The monoisotopic (exact) mass is 287 g/mol. The van der Waals surface area contributed by atoms with Crippen LogP contribution in [0.15, 0.2) is 47.4 Å². The Balaban J connectivity index is 1.92. The van der Waals surface area contributed by atoms with Crippen LogP contribution in [0.2, 0.25) is 0 Å². The Morgan fingerprint density at radius 2 is 1.90 bits per heavy atom. The van der Waals surface area contributed by atoms with Crippen LogP contribution in [0.25, 0.3) is 0 Å². The highest BCUT2D eigenvalue weighted by Crippen LogP contribution is 2.14. The normalized spacial score (nSPS) is 10.3. The molecule has 0 bridgehead atoms. The molecule has 0 saturated carbocycles. The van der Waals surface area contributed by atoms with Crippen molar-refractivity contribution in [2.45, 2.75) is 18.2 Å². The third-order valence-corrected chi connectivity index (χ3v) is 3.38. The second kappa shape index (κ2) is 6.48. The minimum absolute atomic E-state index is 0.0859. The molecular formula is C16H17NO2S. The summed E-state index contributed by atoms with van der Waals surface area (Å²) in [6.45, 7) is 2.46. The first-order valence-electron chi connectivity index (χ1n) is 6.42. The number of amides is 1. The lowest BCUT2D eigenvalue weighted by atomic mass is 10.1. The molecule has 0 aliphatic heterocycles. The van der Waals surface area contributed by atoms with Gasteiger partial charge in [-0.15, -0.1) is 12.6 Å². The van der Waals surface area contributed by atoms with E-state index in [4.69, 9.17) is 0 Å². The highest BCUT2D eigenvalue weighted by molar-refractivity contribution is 7.80. The number of nitrogens with one attached hydrogen (secondary N) is 1. The second-order valence-corrected chi connectivity index (χ2v) is 5.19. The molecule has 2 aromatic carbocycles. The van der Waals surface area contributed by atoms with Gasteiger partial charge in [0.1, 0.15) is 5.75 Å². The van der Waals surface area contributed by atoms with Crippen LogP contribution in [0.5, 0.6) is 5.75 Å². The molecule has 1 amide bonds. The van der Waals surface area contributed by atoms with Crippen molar-refractivity contribution in [3.05, 3.63) is 59.2 Å². The van der Waals surface area contributed by atoms with Crippen molar-refractivity contribution < 1.29 is 9.90 Å². The number of phenolic OH excluding ortho intramolecular Hbond substituents is 1. The Bertz CT molecular complexity index is 608. The van der Waals surface area contributed by atoms with Gasteiger partial charge in [0.25, 0.3) is 5.91 Å². The van der Waals surface area contributed by atoms with Gasteiger partial charge in [0.2, 0.25) is 0 Å². The Labute approximate surface area is 124 Å². The average molecular weight is 287 g/mol. The van der Waals surface area contributed by atoms with Crippen molar-refractivity contribution >= 4 is 18.5 Å². The Morgan fingerprint density at radius 1 is 1.20 bits per heavy atom. The fraction of sp³-hybridized carbons (Fsp3) is 0.188. The van der Waals surface area contributed by atoms with Crippen LogP contribution in [0.4, 0.5) is 0 Å². The van der Waals surface area contributed by atoms with Crippen LogP contribution in [0, 0.1) is 6.92 Å². The quantitative estimate of drug-likeness (QED) is 0.757. The van der Waals surface area contributed by atoms with Crippen LogP contribution < -0.4 is 5.32 Å². The largest absolute Gasteiger partial charge is 0.508 e. The smallest absolute Gasteiger partial charge is 0.251 e. The van der Waals surface area contributed by atoms with Crippen LogP contribution in [0.3, 0.4) is 0 Å². The van der Waals surface area contributed by atoms with Gasteiger partial charge in [-0.05, 0) is 48.7 Å². The third kappa shape index (κ3) is 3.78. The minimum atomic E-state index is -0.0859. The molecule has 0 radical (unpaired) electrons. The number of benzene rings is 2. The molecule has 0 heterocycles. The summed E-state index contributed by atoms with van der Waals surface area (Å²) in [5.74, 6) is 0.163. The molecule has 2 aromatic rings. The maximum Gasteiger partial charge on any atom is 0.251 e. The highest BCUT2D eigenvalue weighted by atomic mass is 32.1. The Kier molecular flexibility index (Phi) is 4.69. The number of carbonyl (C=O) groups is 1. The lowest BCUT2D eigenvalue weighted by Crippen LogP contribution is -2.26. The molecule has 0 aliphatic carbocycles. The van der Waals surface area contributed by atoms with E-state index in [9.17, 15) is 9.90 Å². The van der Waals surface area contributed by atoms with Crippen molar-refractivity contribution in [2.24, 2.45) is 0 Å². The zero-order valence-corrected chi connectivity index (χ0v) is 12.2. The fourth-order valence-corrected chi connectivity index (χ4v) is 2.14. The maximum atomic E-state index is 12.1. The third-order valence-electron chi connectivity index (χ3n) is 3.10. The fourth-order valence-electron chi connectivity index (χ4n) is 1.93. The SMILES string of the molecule is Cc1ccc(S)cc1C(=O)NCCc1ccc(O)cc1. The molecule has 3 nitrogen and oxygen atoms in total. The van der Waals surface area contributed by atoms with E-state index in [0.717, 1.165) is 22.4 Å². The van der Waals surface area contributed by atoms with E-state index in [1.54, 1.807) is 18.2 Å². The number of rotatable bonds is 4. The maximum absolute atomic E-state index is 12.1. The number of aryl methyl sites for hydroxylation is 1. The van der Waals surface area contributed by atoms with E-state index in [0.29, 0.717) is 12.1 Å². The first kappa shape index (κ1) is 14.5. The van der Waals surface area contributed by atoms with Gasteiger partial charge in [0.05, 0.1) is 0 Å². The van der Waals surface area contributed by atoms with Crippen molar-refractivity contribution in [3.8, 4) is 5.75 Å². The van der Waals surface area contributed by atoms with Crippen molar-refractivity contribution in [2.75, 3.05) is 6.54 Å². The van der Waals surface area contributed by atoms with Gasteiger partial charge in [-0.2, -0.15) is 0 Å². The summed E-state index contributed by atoms with van der Waals surface area (Å²) in [4.78, 5) is 12.9. The van der Waals surface area contributed by atoms with Gasteiger partial charge in [0.15, 0.2) is 0 Å². The number of aromatic hydroxyl groups is 1. The van der Waals surface area contributed by atoms with Gasteiger partial charge in [-0.1, -0.05) is 18.2 Å². The predicted octanol–water partition coefficient (Wildman–Crippen LogP) is 2.96. The number of hydrogen-bond donors (Lipinski definition) is 3. The summed E-state index contributed by atoms with van der Waals surface area (Å²) in [6.07, 6.45) is 0.728. The first-order valence-corrected chi connectivity index (χ1v) is 6.87. The van der Waals surface area contributed by atoms with Gasteiger partial charge >= 0.3 is 0 Å². The van der Waals surface area contributed by atoms with E-state index in [2.05, 4.69) is 17.9 Å². The van der Waals surface area contributed by atoms with Gasteiger partial charge < -0.3 is 10.4 Å². The van der Waals surface area contributed by atoms with Gasteiger partial charge in [-0.25, -0.2) is 0 Å². The van der Waals surface area contributed by atoms with Gasteiger partial charge in [0, 0.05) is 17.0 Å². The van der Waals surface area contributed by atoms with Crippen LogP contribution in [0.1, 0.15) is 21.5 Å². The van der Waals surface area contributed by atoms with Crippen LogP contribution >= 0.6 is 12.6 Å². The summed E-state index contributed by atoms with van der Waals surface area (Å²) in [6, 6.07) is 12.5. The molecular weight excluding hydrogens is 270 g/mol. The Morgan fingerprint density at radius 3 is 2.60 bits per heavy atom. The zero-order chi connectivity index (χ0) is 14.5. The molecule has 0 aromatic heterocycles. The molecule has 20 heavy (non-hydrogen) atoms.